The van der Waals surface area contributed by atoms with Crippen molar-refractivity contribution in [3.8, 4) is 0 Å². The Morgan fingerprint density at radius 1 is 1.15 bits per heavy atom. The number of benzene rings is 1. The highest BCUT2D eigenvalue weighted by atomic mass is 16.2. The van der Waals surface area contributed by atoms with E-state index in [4.69, 9.17) is 0 Å². The zero-order chi connectivity index (χ0) is 18.5. The van der Waals surface area contributed by atoms with Crippen molar-refractivity contribution in [2.45, 2.75) is 26.3 Å². The highest BCUT2D eigenvalue weighted by Gasteiger charge is 2.12. The van der Waals surface area contributed by atoms with E-state index in [9.17, 15) is 9.59 Å². The van der Waals surface area contributed by atoms with E-state index in [1.807, 2.05) is 38.2 Å². The molecule has 0 aliphatic rings. The van der Waals surface area contributed by atoms with E-state index >= 15 is 0 Å². The van der Waals surface area contributed by atoms with Crippen molar-refractivity contribution >= 4 is 22.7 Å². The third-order valence-electron chi connectivity index (χ3n) is 4.03. The molecule has 134 valence electrons. The van der Waals surface area contributed by atoms with Crippen molar-refractivity contribution in [3.63, 3.8) is 0 Å². The number of para-hydroxylation sites is 1. The first-order valence-corrected chi connectivity index (χ1v) is 8.64. The maximum atomic E-state index is 12.3. The smallest absolute Gasteiger partial charge is 0.269 e. The molecular formula is C20H22N4O2. The lowest BCUT2D eigenvalue weighted by molar-refractivity contribution is 0.0943. The molecule has 6 heteroatoms. The highest BCUT2D eigenvalue weighted by molar-refractivity contribution is 5.98. The van der Waals surface area contributed by atoms with Crippen LogP contribution < -0.4 is 10.6 Å². The summed E-state index contributed by atoms with van der Waals surface area (Å²) in [6.07, 6.45) is 4.15. The molecule has 2 heterocycles. The van der Waals surface area contributed by atoms with E-state index in [2.05, 4.69) is 26.7 Å². The van der Waals surface area contributed by atoms with Gasteiger partial charge in [0, 0.05) is 41.4 Å². The van der Waals surface area contributed by atoms with Crippen LogP contribution in [0.3, 0.4) is 0 Å². The minimum absolute atomic E-state index is 0.0316. The first-order valence-electron chi connectivity index (χ1n) is 8.64. The van der Waals surface area contributed by atoms with Crippen LogP contribution in [0.15, 0.2) is 48.8 Å². The number of nitrogens with one attached hydrogen (secondary N) is 3. The Kier molecular flexibility index (Phi) is 5.31. The average Bonchev–Trinajstić information content (AvgIpc) is 3.04. The number of fused-ring (bicyclic) bond motifs is 1. The lowest BCUT2D eigenvalue weighted by Crippen LogP contribution is -2.31. The van der Waals surface area contributed by atoms with Crippen LogP contribution in [0.5, 0.6) is 0 Å². The molecule has 6 nitrogen and oxygen atoms in total. The predicted octanol–water partition coefficient (Wildman–Crippen LogP) is 2.67. The van der Waals surface area contributed by atoms with Crippen LogP contribution in [0.1, 0.15) is 40.3 Å². The first-order chi connectivity index (χ1) is 12.5. The van der Waals surface area contributed by atoms with Crippen LogP contribution in [0.25, 0.3) is 10.9 Å². The number of aromatic amines is 1. The fourth-order valence-corrected chi connectivity index (χ4v) is 2.78. The van der Waals surface area contributed by atoms with Crippen molar-refractivity contribution in [1.82, 2.24) is 20.6 Å². The number of hydrogen-bond donors (Lipinski definition) is 3. The number of carbonyl (C=O) groups excluding carboxylic acids is 2. The molecule has 0 aliphatic heterocycles. The van der Waals surface area contributed by atoms with E-state index < -0.39 is 0 Å². The minimum atomic E-state index is -0.288. The van der Waals surface area contributed by atoms with Gasteiger partial charge in [0.1, 0.15) is 5.69 Å². The second-order valence-electron chi connectivity index (χ2n) is 6.42. The molecule has 0 radical (unpaired) electrons. The quantitative estimate of drug-likeness (QED) is 0.639. The van der Waals surface area contributed by atoms with Crippen molar-refractivity contribution in [1.29, 1.82) is 0 Å². The SMILES string of the molecule is CC(C)NC(=O)c1ccnc(C(=O)NCCc2c[nH]c3ccccc23)c1. The number of pyridine rings is 1. The van der Waals surface area contributed by atoms with Crippen LogP contribution in [0, 0.1) is 0 Å². The Morgan fingerprint density at radius 3 is 2.77 bits per heavy atom. The third-order valence-corrected chi connectivity index (χ3v) is 4.03. The maximum Gasteiger partial charge on any atom is 0.269 e. The number of H-pyrrole nitrogens is 1. The zero-order valence-corrected chi connectivity index (χ0v) is 14.9. The van der Waals surface area contributed by atoms with Gasteiger partial charge in [-0.05, 0) is 44.0 Å². The van der Waals surface area contributed by atoms with E-state index in [1.54, 1.807) is 6.07 Å². The molecule has 2 aromatic heterocycles. The minimum Gasteiger partial charge on any atom is -0.361 e. The van der Waals surface area contributed by atoms with Crippen LogP contribution in [0.2, 0.25) is 0 Å². The lowest BCUT2D eigenvalue weighted by atomic mass is 10.1. The van der Waals surface area contributed by atoms with Crippen molar-refractivity contribution in [2.75, 3.05) is 6.54 Å². The number of carbonyl (C=O) groups is 2. The van der Waals surface area contributed by atoms with Gasteiger partial charge in [0.15, 0.2) is 0 Å². The molecule has 0 unspecified atom stereocenters. The summed E-state index contributed by atoms with van der Waals surface area (Å²) in [6, 6.07) is 11.2. The van der Waals surface area contributed by atoms with Gasteiger partial charge in [0.05, 0.1) is 0 Å². The number of hydrogen-bond acceptors (Lipinski definition) is 3. The standard InChI is InChI=1S/C20H22N4O2/c1-13(2)24-19(25)14-7-9-21-18(11-14)20(26)22-10-8-15-12-23-17-6-4-3-5-16(15)17/h3-7,9,11-13,23H,8,10H2,1-2H3,(H,22,26)(H,24,25). The highest BCUT2D eigenvalue weighted by Crippen LogP contribution is 2.17. The Labute approximate surface area is 152 Å². The van der Waals surface area contributed by atoms with Gasteiger partial charge in [-0.25, -0.2) is 0 Å². The van der Waals surface area contributed by atoms with E-state index in [-0.39, 0.29) is 23.6 Å². The van der Waals surface area contributed by atoms with Crippen LogP contribution in [-0.4, -0.2) is 34.4 Å². The largest absolute Gasteiger partial charge is 0.361 e. The normalized spacial score (nSPS) is 10.9. The van der Waals surface area contributed by atoms with Gasteiger partial charge in [0.25, 0.3) is 11.8 Å². The van der Waals surface area contributed by atoms with E-state index in [0.717, 1.165) is 16.5 Å². The molecule has 0 fully saturated rings. The van der Waals surface area contributed by atoms with Crippen molar-refractivity contribution in [3.05, 3.63) is 65.6 Å². The lowest BCUT2D eigenvalue weighted by Gasteiger charge is -2.09. The maximum absolute atomic E-state index is 12.3. The van der Waals surface area contributed by atoms with E-state index in [0.29, 0.717) is 18.5 Å². The summed E-state index contributed by atoms with van der Waals surface area (Å²) in [7, 11) is 0. The van der Waals surface area contributed by atoms with Crippen molar-refractivity contribution < 1.29 is 9.59 Å². The van der Waals surface area contributed by atoms with Crippen molar-refractivity contribution in [2.24, 2.45) is 0 Å². The Balaban J connectivity index is 1.61. The number of nitrogens with zero attached hydrogens (tertiary/aromatic N) is 1. The summed E-state index contributed by atoms with van der Waals surface area (Å²) < 4.78 is 0. The van der Waals surface area contributed by atoms with Gasteiger partial charge in [0.2, 0.25) is 0 Å². The predicted molar refractivity (Wildman–Crippen MR) is 101 cm³/mol. The Hall–Kier alpha value is -3.15. The van der Waals surface area contributed by atoms with Crippen LogP contribution in [0.4, 0.5) is 0 Å². The van der Waals surface area contributed by atoms with Gasteiger partial charge in [-0.15, -0.1) is 0 Å². The zero-order valence-electron chi connectivity index (χ0n) is 14.9. The molecule has 0 aliphatic carbocycles. The van der Waals surface area contributed by atoms with Gasteiger partial charge < -0.3 is 15.6 Å². The van der Waals surface area contributed by atoms with Gasteiger partial charge >= 0.3 is 0 Å². The molecule has 3 aromatic rings. The summed E-state index contributed by atoms with van der Waals surface area (Å²) in [4.78, 5) is 31.7. The number of rotatable bonds is 6. The molecule has 0 saturated carbocycles. The summed E-state index contributed by atoms with van der Waals surface area (Å²) in [5, 5.41) is 6.82. The fraction of sp³-hybridized carbons (Fsp3) is 0.250. The molecule has 26 heavy (non-hydrogen) atoms. The number of aromatic nitrogens is 2. The Morgan fingerprint density at radius 2 is 1.96 bits per heavy atom. The summed E-state index contributed by atoms with van der Waals surface area (Å²) >= 11 is 0. The molecule has 0 atom stereocenters. The monoisotopic (exact) mass is 350 g/mol. The van der Waals surface area contributed by atoms with Crippen LogP contribution >= 0.6 is 0 Å². The van der Waals surface area contributed by atoms with Gasteiger partial charge in [-0.1, -0.05) is 18.2 Å². The summed E-state index contributed by atoms with van der Waals surface area (Å²) in [5.41, 5.74) is 2.90. The molecule has 0 saturated heterocycles. The number of amides is 2. The molecule has 1 aromatic carbocycles. The molecule has 0 bridgehead atoms. The molecular weight excluding hydrogens is 328 g/mol. The third kappa shape index (κ3) is 4.08. The van der Waals surface area contributed by atoms with Gasteiger partial charge in [-0.2, -0.15) is 0 Å². The summed E-state index contributed by atoms with van der Waals surface area (Å²) in [6.45, 7) is 4.26. The molecule has 3 N–H and O–H groups in total. The fourth-order valence-electron chi connectivity index (χ4n) is 2.78. The average molecular weight is 350 g/mol. The van der Waals surface area contributed by atoms with E-state index in [1.165, 1.54) is 12.3 Å². The molecule has 3 rings (SSSR count). The summed E-state index contributed by atoms with van der Waals surface area (Å²) in [5.74, 6) is -0.501. The second kappa shape index (κ2) is 7.82. The first kappa shape index (κ1) is 17.7. The Bertz CT molecular complexity index is 930. The van der Waals surface area contributed by atoms with Crippen LogP contribution in [-0.2, 0) is 6.42 Å². The molecule has 2 amide bonds. The molecule has 0 spiro atoms. The second-order valence-corrected chi connectivity index (χ2v) is 6.42. The topological polar surface area (TPSA) is 86.9 Å². The van der Waals surface area contributed by atoms with Gasteiger partial charge in [-0.3, -0.25) is 14.6 Å².